The minimum atomic E-state index is -3.95. The molecule has 0 radical (unpaired) electrons. The maximum absolute atomic E-state index is 13.9. The number of fused-ring (bicyclic) bond motifs is 1. The first-order valence-electron chi connectivity index (χ1n) is 11.4. The van der Waals surface area contributed by atoms with Gasteiger partial charge in [0.2, 0.25) is 21.8 Å². The highest BCUT2D eigenvalue weighted by atomic mass is 32.2. The van der Waals surface area contributed by atoms with E-state index in [1.54, 1.807) is 38.1 Å². The Bertz CT molecular complexity index is 1380. The van der Waals surface area contributed by atoms with Crippen molar-refractivity contribution in [3.8, 4) is 0 Å². The molecular weight excluding hydrogens is 462 g/mol. The van der Waals surface area contributed by atoms with E-state index in [0.29, 0.717) is 16.7 Å². The fourth-order valence-corrected chi connectivity index (χ4v) is 6.74. The summed E-state index contributed by atoms with van der Waals surface area (Å²) in [5.74, 6) is -0.895. The summed E-state index contributed by atoms with van der Waals surface area (Å²) in [6.45, 7) is 5.83. The van der Waals surface area contributed by atoms with E-state index in [2.05, 4.69) is 5.32 Å². The minimum Gasteiger partial charge on any atom is -0.366 e. The predicted molar refractivity (Wildman–Crippen MR) is 134 cm³/mol. The van der Waals surface area contributed by atoms with Crippen LogP contribution in [0.4, 0.5) is 0 Å². The van der Waals surface area contributed by atoms with Crippen LogP contribution >= 0.6 is 0 Å². The highest BCUT2D eigenvalue weighted by Crippen LogP contribution is 2.32. The minimum absolute atomic E-state index is 0.122. The maximum Gasteiger partial charge on any atom is 0.248 e. The lowest BCUT2D eigenvalue weighted by Crippen LogP contribution is -2.52. The first-order valence-corrected chi connectivity index (χ1v) is 12.8. The standard InChI is InChI=1S/C27H29N3O4S/c1-17-12-18(2)25(19(3)13-17)35(33,34)30-16-23-7-5-4-6-22(23)14-24(30)27(32)29-15-20-8-10-21(11-9-20)26(28)31/h4-13,24H,14-16H2,1-3H3,(H2,28,31)(H,29,32). The third kappa shape index (κ3) is 4.99. The van der Waals surface area contributed by atoms with Crippen molar-refractivity contribution in [1.82, 2.24) is 9.62 Å². The Labute approximate surface area is 206 Å². The van der Waals surface area contributed by atoms with Gasteiger partial charge in [0.05, 0.1) is 4.90 Å². The second-order valence-electron chi connectivity index (χ2n) is 9.05. The van der Waals surface area contributed by atoms with Crippen molar-refractivity contribution < 1.29 is 18.0 Å². The molecule has 182 valence electrons. The summed E-state index contributed by atoms with van der Waals surface area (Å²) >= 11 is 0. The molecule has 1 heterocycles. The largest absolute Gasteiger partial charge is 0.366 e. The number of aryl methyl sites for hydroxylation is 3. The van der Waals surface area contributed by atoms with E-state index < -0.39 is 22.0 Å². The Morgan fingerprint density at radius 3 is 2.17 bits per heavy atom. The highest BCUT2D eigenvalue weighted by Gasteiger charge is 2.40. The highest BCUT2D eigenvalue weighted by molar-refractivity contribution is 7.89. The molecule has 2 amide bonds. The summed E-state index contributed by atoms with van der Waals surface area (Å²) in [5, 5.41) is 2.88. The molecule has 35 heavy (non-hydrogen) atoms. The van der Waals surface area contributed by atoms with Gasteiger partial charge in [-0.1, -0.05) is 54.1 Å². The van der Waals surface area contributed by atoms with Gasteiger partial charge in [-0.3, -0.25) is 9.59 Å². The first kappa shape index (κ1) is 24.6. The van der Waals surface area contributed by atoms with Crippen molar-refractivity contribution in [2.45, 2.75) is 51.2 Å². The summed E-state index contributed by atoms with van der Waals surface area (Å²) in [6.07, 6.45) is 0.284. The van der Waals surface area contributed by atoms with Gasteiger partial charge in [0.1, 0.15) is 6.04 Å². The van der Waals surface area contributed by atoms with Gasteiger partial charge < -0.3 is 11.1 Å². The van der Waals surface area contributed by atoms with Crippen LogP contribution in [-0.2, 0) is 34.3 Å². The Morgan fingerprint density at radius 1 is 0.971 bits per heavy atom. The number of nitrogens with one attached hydrogen (secondary N) is 1. The topological polar surface area (TPSA) is 110 Å². The van der Waals surface area contributed by atoms with Crippen molar-refractivity contribution in [2.75, 3.05) is 0 Å². The fraction of sp³-hybridized carbons (Fsp3) is 0.259. The second kappa shape index (κ2) is 9.64. The van der Waals surface area contributed by atoms with Crippen LogP contribution in [0.15, 0.2) is 65.6 Å². The van der Waals surface area contributed by atoms with Crippen molar-refractivity contribution in [3.63, 3.8) is 0 Å². The van der Waals surface area contributed by atoms with E-state index in [-0.39, 0.29) is 30.3 Å². The van der Waals surface area contributed by atoms with Gasteiger partial charge in [-0.25, -0.2) is 8.42 Å². The zero-order valence-corrected chi connectivity index (χ0v) is 20.9. The van der Waals surface area contributed by atoms with E-state index in [9.17, 15) is 18.0 Å². The van der Waals surface area contributed by atoms with Gasteiger partial charge in [-0.05, 0) is 67.1 Å². The van der Waals surface area contributed by atoms with E-state index in [1.165, 1.54) is 4.31 Å². The molecule has 3 aromatic rings. The molecule has 3 N–H and O–H groups in total. The molecule has 1 aliphatic heterocycles. The number of benzene rings is 3. The molecule has 0 fully saturated rings. The van der Waals surface area contributed by atoms with E-state index >= 15 is 0 Å². The van der Waals surface area contributed by atoms with Crippen LogP contribution in [0.25, 0.3) is 0 Å². The Morgan fingerprint density at radius 2 is 1.57 bits per heavy atom. The Hall–Kier alpha value is -3.49. The van der Waals surface area contributed by atoms with Crippen molar-refractivity contribution in [2.24, 2.45) is 5.73 Å². The van der Waals surface area contributed by atoms with Crippen LogP contribution in [0.2, 0.25) is 0 Å². The van der Waals surface area contributed by atoms with Crippen molar-refractivity contribution in [3.05, 3.63) is 99.6 Å². The lowest BCUT2D eigenvalue weighted by atomic mass is 9.95. The summed E-state index contributed by atoms with van der Waals surface area (Å²) in [5.41, 5.74) is 10.6. The number of carbonyl (C=O) groups excluding carboxylic acids is 2. The van der Waals surface area contributed by atoms with Gasteiger partial charge >= 0.3 is 0 Å². The summed E-state index contributed by atoms with van der Waals surface area (Å²) in [7, 11) is -3.95. The molecule has 7 nitrogen and oxygen atoms in total. The van der Waals surface area contributed by atoms with Crippen LogP contribution < -0.4 is 11.1 Å². The van der Waals surface area contributed by atoms with Crippen LogP contribution in [0.3, 0.4) is 0 Å². The fourth-order valence-electron chi connectivity index (χ4n) is 4.76. The van der Waals surface area contributed by atoms with Crippen LogP contribution in [0, 0.1) is 20.8 Å². The average Bonchev–Trinajstić information content (AvgIpc) is 2.81. The normalized spacial score (nSPS) is 15.9. The third-order valence-electron chi connectivity index (χ3n) is 6.38. The molecule has 0 saturated heterocycles. The molecule has 0 spiro atoms. The van der Waals surface area contributed by atoms with Crippen LogP contribution in [0.5, 0.6) is 0 Å². The van der Waals surface area contributed by atoms with Gasteiger partial charge in [0.25, 0.3) is 0 Å². The first-order chi connectivity index (χ1) is 16.6. The average molecular weight is 492 g/mol. The van der Waals surface area contributed by atoms with Gasteiger partial charge in [-0.2, -0.15) is 4.31 Å². The maximum atomic E-state index is 13.9. The molecule has 1 atom stereocenters. The lowest BCUT2D eigenvalue weighted by molar-refractivity contribution is -0.125. The number of carbonyl (C=O) groups is 2. The van der Waals surface area contributed by atoms with Gasteiger partial charge in [0, 0.05) is 18.7 Å². The van der Waals surface area contributed by atoms with Crippen LogP contribution in [-0.4, -0.2) is 30.6 Å². The van der Waals surface area contributed by atoms with E-state index in [4.69, 9.17) is 5.73 Å². The SMILES string of the molecule is Cc1cc(C)c(S(=O)(=O)N2Cc3ccccc3CC2C(=O)NCc2ccc(C(N)=O)cc2)c(C)c1. The summed E-state index contributed by atoms with van der Waals surface area (Å²) < 4.78 is 29.2. The lowest BCUT2D eigenvalue weighted by Gasteiger charge is -2.35. The molecule has 0 bridgehead atoms. The van der Waals surface area contributed by atoms with Crippen molar-refractivity contribution in [1.29, 1.82) is 0 Å². The van der Waals surface area contributed by atoms with Gasteiger partial charge in [-0.15, -0.1) is 0 Å². The predicted octanol–water partition coefficient (Wildman–Crippen LogP) is 3.14. The second-order valence-corrected chi connectivity index (χ2v) is 10.9. The number of nitrogens with zero attached hydrogens (tertiary/aromatic N) is 1. The van der Waals surface area contributed by atoms with E-state index in [1.807, 2.05) is 43.3 Å². The smallest absolute Gasteiger partial charge is 0.248 e. The summed E-state index contributed by atoms with van der Waals surface area (Å²) in [6, 6.07) is 17.0. The quantitative estimate of drug-likeness (QED) is 0.552. The number of hydrogen-bond donors (Lipinski definition) is 2. The molecule has 3 aromatic carbocycles. The zero-order valence-electron chi connectivity index (χ0n) is 20.0. The van der Waals surface area contributed by atoms with Gasteiger partial charge in [0.15, 0.2) is 0 Å². The monoisotopic (exact) mass is 491 g/mol. The molecule has 4 rings (SSSR count). The van der Waals surface area contributed by atoms with Crippen LogP contribution in [0.1, 0.15) is 43.7 Å². The molecule has 0 aromatic heterocycles. The number of nitrogens with two attached hydrogens (primary N) is 1. The number of hydrogen-bond acceptors (Lipinski definition) is 4. The van der Waals surface area contributed by atoms with Crippen molar-refractivity contribution >= 4 is 21.8 Å². The number of sulfonamides is 1. The molecule has 0 saturated carbocycles. The Kier molecular flexibility index (Phi) is 6.78. The molecule has 1 unspecified atom stereocenters. The Balaban J connectivity index is 1.65. The van der Waals surface area contributed by atoms with E-state index in [0.717, 1.165) is 22.3 Å². The molecular formula is C27H29N3O4S. The molecule has 1 aliphatic rings. The molecule has 0 aliphatic carbocycles. The number of rotatable bonds is 6. The molecule has 8 heteroatoms. The third-order valence-corrected chi connectivity index (χ3v) is 8.55. The number of primary amides is 1. The number of amides is 2. The summed E-state index contributed by atoms with van der Waals surface area (Å²) in [4.78, 5) is 24.9. The zero-order chi connectivity index (χ0) is 25.3.